The van der Waals surface area contributed by atoms with Crippen LogP contribution in [0.2, 0.25) is 0 Å². The number of benzene rings is 1. The molecule has 1 heterocycles. The molecular formula is C16H16N2O3. The summed E-state index contributed by atoms with van der Waals surface area (Å²) in [4.78, 5) is 29.8. The molecule has 2 N–H and O–H groups in total. The number of carboxylic acid groups (broad SMARTS) is 1. The van der Waals surface area contributed by atoms with E-state index in [9.17, 15) is 9.59 Å². The van der Waals surface area contributed by atoms with Crippen molar-refractivity contribution in [1.82, 2.24) is 9.97 Å². The van der Waals surface area contributed by atoms with Crippen molar-refractivity contribution in [1.29, 1.82) is 0 Å². The molecule has 1 aromatic carbocycles. The maximum Gasteiger partial charge on any atom is 0.342 e. The molecule has 0 unspecified atom stereocenters. The van der Waals surface area contributed by atoms with E-state index in [0.29, 0.717) is 5.82 Å². The second-order valence-corrected chi connectivity index (χ2v) is 5.43. The Morgan fingerprint density at radius 3 is 2.43 bits per heavy atom. The van der Waals surface area contributed by atoms with Crippen LogP contribution in [0.3, 0.4) is 0 Å². The minimum atomic E-state index is -1.25. The number of aromatic nitrogens is 2. The standard InChI is InChI=1S/C16H16N2O3/c19-13-12(14(20)21)10-17-15(18-13)16(8-4-5-9-16)11-6-2-1-3-7-11/h1-3,6-7,10H,4-5,8-9H2,(H,20,21)(H,17,18,19). The van der Waals surface area contributed by atoms with Crippen molar-refractivity contribution in [3.8, 4) is 0 Å². The predicted octanol–water partition coefficient (Wildman–Crippen LogP) is 2.33. The van der Waals surface area contributed by atoms with E-state index in [1.54, 1.807) is 0 Å². The van der Waals surface area contributed by atoms with Crippen molar-refractivity contribution in [2.75, 3.05) is 0 Å². The summed E-state index contributed by atoms with van der Waals surface area (Å²) in [5, 5.41) is 8.94. The van der Waals surface area contributed by atoms with E-state index in [4.69, 9.17) is 5.11 Å². The molecule has 1 fully saturated rings. The van der Waals surface area contributed by atoms with E-state index in [1.165, 1.54) is 6.20 Å². The SMILES string of the molecule is O=C(O)c1cnc(C2(c3ccccc3)CCCC2)[nH]c1=O. The molecule has 1 saturated carbocycles. The number of aromatic amines is 1. The number of nitrogens with one attached hydrogen (secondary N) is 1. The summed E-state index contributed by atoms with van der Waals surface area (Å²) >= 11 is 0. The first-order valence-electron chi connectivity index (χ1n) is 7.02. The largest absolute Gasteiger partial charge is 0.477 e. The van der Waals surface area contributed by atoms with Crippen molar-refractivity contribution in [2.45, 2.75) is 31.1 Å². The third kappa shape index (κ3) is 2.24. The van der Waals surface area contributed by atoms with Gasteiger partial charge in [0.1, 0.15) is 11.4 Å². The molecule has 0 radical (unpaired) electrons. The molecule has 5 heteroatoms. The number of rotatable bonds is 3. The predicted molar refractivity (Wildman–Crippen MR) is 77.5 cm³/mol. The fourth-order valence-electron chi connectivity index (χ4n) is 3.19. The van der Waals surface area contributed by atoms with Crippen molar-refractivity contribution in [3.05, 3.63) is 63.8 Å². The molecule has 1 aromatic heterocycles. The highest BCUT2D eigenvalue weighted by Gasteiger charge is 2.39. The van der Waals surface area contributed by atoms with Gasteiger partial charge in [-0.3, -0.25) is 4.79 Å². The lowest BCUT2D eigenvalue weighted by Gasteiger charge is -2.28. The molecule has 3 rings (SSSR count). The van der Waals surface area contributed by atoms with Gasteiger partial charge in [-0.05, 0) is 18.4 Å². The van der Waals surface area contributed by atoms with Crippen LogP contribution < -0.4 is 5.56 Å². The summed E-state index contributed by atoms with van der Waals surface area (Å²) in [5.41, 5.74) is -0.0966. The normalized spacial score (nSPS) is 16.8. The zero-order valence-electron chi connectivity index (χ0n) is 11.5. The molecule has 1 aliphatic carbocycles. The minimum Gasteiger partial charge on any atom is -0.477 e. The number of hydrogen-bond donors (Lipinski definition) is 2. The van der Waals surface area contributed by atoms with Gasteiger partial charge in [-0.25, -0.2) is 9.78 Å². The van der Waals surface area contributed by atoms with Crippen LogP contribution in [0, 0.1) is 0 Å². The van der Waals surface area contributed by atoms with E-state index < -0.39 is 11.5 Å². The van der Waals surface area contributed by atoms with Gasteiger partial charge < -0.3 is 10.1 Å². The third-order valence-electron chi connectivity index (χ3n) is 4.27. The van der Waals surface area contributed by atoms with Gasteiger partial charge >= 0.3 is 5.97 Å². The summed E-state index contributed by atoms with van der Waals surface area (Å²) in [6.45, 7) is 0. The van der Waals surface area contributed by atoms with Gasteiger partial charge in [0.25, 0.3) is 5.56 Å². The van der Waals surface area contributed by atoms with Crippen molar-refractivity contribution in [2.24, 2.45) is 0 Å². The molecule has 5 nitrogen and oxygen atoms in total. The summed E-state index contributed by atoms with van der Waals surface area (Å²) in [6, 6.07) is 9.97. The molecule has 1 aliphatic rings. The summed E-state index contributed by atoms with van der Waals surface area (Å²) in [7, 11) is 0. The average molecular weight is 284 g/mol. The van der Waals surface area contributed by atoms with E-state index in [1.807, 2.05) is 30.3 Å². The number of H-pyrrole nitrogens is 1. The van der Waals surface area contributed by atoms with E-state index in [0.717, 1.165) is 31.2 Å². The second kappa shape index (κ2) is 5.16. The number of nitrogens with zero attached hydrogens (tertiary/aromatic N) is 1. The van der Waals surface area contributed by atoms with Gasteiger partial charge in [0, 0.05) is 6.20 Å². The van der Waals surface area contributed by atoms with Crippen molar-refractivity contribution in [3.63, 3.8) is 0 Å². The van der Waals surface area contributed by atoms with Crippen LogP contribution in [0.1, 0.15) is 47.4 Å². The average Bonchev–Trinajstić information content (AvgIpc) is 2.98. The van der Waals surface area contributed by atoms with Crippen LogP contribution in [0.5, 0.6) is 0 Å². The highest BCUT2D eigenvalue weighted by atomic mass is 16.4. The zero-order chi connectivity index (χ0) is 14.9. The molecule has 0 bridgehead atoms. The first kappa shape index (κ1) is 13.5. The topological polar surface area (TPSA) is 83.0 Å². The summed E-state index contributed by atoms with van der Waals surface area (Å²) < 4.78 is 0. The third-order valence-corrected chi connectivity index (χ3v) is 4.27. The van der Waals surface area contributed by atoms with Gasteiger partial charge in [0.2, 0.25) is 0 Å². The lowest BCUT2D eigenvalue weighted by atomic mass is 9.78. The molecule has 0 saturated heterocycles. The Morgan fingerprint density at radius 1 is 1.19 bits per heavy atom. The quantitative estimate of drug-likeness (QED) is 0.906. The monoisotopic (exact) mass is 284 g/mol. The Balaban J connectivity index is 2.13. The van der Waals surface area contributed by atoms with Crippen LogP contribution in [0.15, 0.2) is 41.3 Å². The smallest absolute Gasteiger partial charge is 0.342 e. The molecule has 0 amide bonds. The Kier molecular flexibility index (Phi) is 3.33. The fourth-order valence-corrected chi connectivity index (χ4v) is 3.19. The van der Waals surface area contributed by atoms with Crippen LogP contribution in [-0.2, 0) is 5.41 Å². The molecule has 0 atom stereocenters. The van der Waals surface area contributed by atoms with Crippen LogP contribution >= 0.6 is 0 Å². The van der Waals surface area contributed by atoms with Crippen molar-refractivity contribution < 1.29 is 9.90 Å². The minimum absolute atomic E-state index is 0.308. The highest BCUT2D eigenvalue weighted by molar-refractivity contribution is 5.86. The molecular weight excluding hydrogens is 268 g/mol. The van der Waals surface area contributed by atoms with Crippen LogP contribution in [0.4, 0.5) is 0 Å². The molecule has 0 spiro atoms. The van der Waals surface area contributed by atoms with Gasteiger partial charge in [-0.15, -0.1) is 0 Å². The van der Waals surface area contributed by atoms with E-state index in [2.05, 4.69) is 9.97 Å². The fraction of sp³-hybridized carbons (Fsp3) is 0.312. The summed E-state index contributed by atoms with van der Waals surface area (Å²) in [5.74, 6) is -0.684. The molecule has 0 aliphatic heterocycles. The van der Waals surface area contributed by atoms with Crippen LogP contribution in [-0.4, -0.2) is 21.0 Å². The number of hydrogen-bond acceptors (Lipinski definition) is 3. The Labute approximate surface area is 121 Å². The zero-order valence-corrected chi connectivity index (χ0v) is 11.5. The Bertz CT molecular complexity index is 716. The Morgan fingerprint density at radius 2 is 1.86 bits per heavy atom. The van der Waals surface area contributed by atoms with Crippen LogP contribution in [0.25, 0.3) is 0 Å². The van der Waals surface area contributed by atoms with Gasteiger partial charge in [0.05, 0.1) is 5.41 Å². The maximum absolute atomic E-state index is 11.9. The molecule has 108 valence electrons. The molecule has 2 aromatic rings. The maximum atomic E-state index is 11.9. The van der Waals surface area contributed by atoms with Crippen molar-refractivity contribution >= 4 is 5.97 Å². The lowest BCUT2D eigenvalue weighted by molar-refractivity contribution is 0.0694. The first-order chi connectivity index (χ1) is 10.1. The van der Waals surface area contributed by atoms with E-state index in [-0.39, 0.29) is 11.0 Å². The molecule has 21 heavy (non-hydrogen) atoms. The number of carbonyl (C=O) groups is 1. The second-order valence-electron chi connectivity index (χ2n) is 5.43. The summed E-state index contributed by atoms with van der Waals surface area (Å²) in [6.07, 6.45) is 5.12. The first-order valence-corrected chi connectivity index (χ1v) is 7.02. The number of carboxylic acids is 1. The lowest BCUT2D eigenvalue weighted by Crippen LogP contribution is -2.31. The van der Waals surface area contributed by atoms with Gasteiger partial charge in [-0.2, -0.15) is 0 Å². The van der Waals surface area contributed by atoms with Gasteiger partial charge in [-0.1, -0.05) is 43.2 Å². The Hall–Kier alpha value is -2.43. The van der Waals surface area contributed by atoms with E-state index >= 15 is 0 Å². The highest BCUT2D eigenvalue weighted by Crippen LogP contribution is 2.44. The number of aromatic carboxylic acids is 1. The van der Waals surface area contributed by atoms with Gasteiger partial charge in [0.15, 0.2) is 0 Å².